The predicted molar refractivity (Wildman–Crippen MR) is 119 cm³/mol. The molecule has 0 unspecified atom stereocenters. The average molecular weight is 417 g/mol. The first-order valence-corrected chi connectivity index (χ1v) is 9.87. The van der Waals surface area contributed by atoms with E-state index >= 15 is 0 Å². The summed E-state index contributed by atoms with van der Waals surface area (Å²) in [4.78, 5) is 35.8. The molecule has 0 aliphatic carbocycles. The van der Waals surface area contributed by atoms with E-state index in [1.54, 1.807) is 18.1 Å². The lowest BCUT2D eigenvalue weighted by Gasteiger charge is -2.29. The highest BCUT2D eigenvalue weighted by Crippen LogP contribution is 2.30. The molecule has 8 nitrogen and oxygen atoms in total. The van der Waals surface area contributed by atoms with Crippen LogP contribution in [0.5, 0.6) is 5.75 Å². The Kier molecular flexibility index (Phi) is 5.53. The maximum atomic E-state index is 12.8. The first-order valence-electron chi connectivity index (χ1n) is 9.87. The largest absolute Gasteiger partial charge is 0.497 e. The number of nitrogens with zero attached hydrogens (tertiary/aromatic N) is 3. The number of carbonyl (C=O) groups is 2. The van der Waals surface area contributed by atoms with Gasteiger partial charge in [0.15, 0.2) is 5.82 Å². The van der Waals surface area contributed by atoms with Crippen LogP contribution in [0.3, 0.4) is 0 Å². The molecule has 0 bridgehead atoms. The number of benzene rings is 1. The zero-order chi connectivity index (χ0) is 22.0. The van der Waals surface area contributed by atoms with Gasteiger partial charge >= 0.3 is 0 Å². The first-order chi connectivity index (χ1) is 14.9. The summed E-state index contributed by atoms with van der Waals surface area (Å²) >= 11 is 0. The molecule has 31 heavy (non-hydrogen) atoms. The van der Waals surface area contributed by atoms with E-state index in [1.807, 2.05) is 50.2 Å². The molecule has 0 saturated heterocycles. The van der Waals surface area contributed by atoms with Gasteiger partial charge < -0.3 is 20.3 Å². The number of anilines is 3. The molecule has 0 radical (unpaired) electrons. The van der Waals surface area contributed by atoms with Gasteiger partial charge in [-0.3, -0.25) is 14.6 Å². The molecule has 4 rings (SSSR count). The van der Waals surface area contributed by atoms with Crippen molar-refractivity contribution < 1.29 is 14.3 Å². The van der Waals surface area contributed by atoms with Gasteiger partial charge in [-0.1, -0.05) is 12.1 Å². The second kappa shape index (κ2) is 8.43. The van der Waals surface area contributed by atoms with Crippen LogP contribution in [-0.2, 0) is 11.3 Å². The zero-order valence-electron chi connectivity index (χ0n) is 17.6. The smallest absolute Gasteiger partial charge is 0.257 e. The fourth-order valence-corrected chi connectivity index (χ4v) is 3.41. The number of aromatic nitrogens is 2. The number of carbonyl (C=O) groups excluding carboxylic acids is 2. The number of nitrogens with one attached hydrogen (secondary N) is 2. The van der Waals surface area contributed by atoms with Gasteiger partial charge in [-0.2, -0.15) is 0 Å². The average Bonchev–Trinajstić information content (AvgIpc) is 2.77. The summed E-state index contributed by atoms with van der Waals surface area (Å²) in [6.07, 6.45) is 1.50. The van der Waals surface area contributed by atoms with Gasteiger partial charge in [0.25, 0.3) is 5.91 Å². The molecule has 0 saturated carbocycles. The van der Waals surface area contributed by atoms with E-state index in [4.69, 9.17) is 4.74 Å². The molecule has 0 fully saturated rings. The maximum absolute atomic E-state index is 12.8. The van der Waals surface area contributed by atoms with Crippen molar-refractivity contribution in [2.45, 2.75) is 20.4 Å². The number of methoxy groups -OCH3 is 1. The Bertz CT molecular complexity index is 1140. The number of fused-ring (bicyclic) bond motifs is 1. The van der Waals surface area contributed by atoms with Crippen molar-refractivity contribution in [2.75, 3.05) is 29.2 Å². The number of pyridine rings is 2. The molecule has 0 spiro atoms. The van der Waals surface area contributed by atoms with E-state index in [0.717, 1.165) is 22.7 Å². The third kappa shape index (κ3) is 4.32. The minimum absolute atomic E-state index is 0.0961. The summed E-state index contributed by atoms with van der Waals surface area (Å²) in [5, 5.41) is 5.88. The zero-order valence-corrected chi connectivity index (χ0v) is 17.6. The number of aryl methyl sites for hydroxylation is 2. The van der Waals surface area contributed by atoms with Gasteiger partial charge in [0, 0.05) is 11.9 Å². The van der Waals surface area contributed by atoms with Crippen LogP contribution in [0.2, 0.25) is 0 Å². The molecular weight excluding hydrogens is 394 g/mol. The highest BCUT2D eigenvalue weighted by molar-refractivity contribution is 6.07. The van der Waals surface area contributed by atoms with Crippen LogP contribution in [0.4, 0.5) is 17.2 Å². The summed E-state index contributed by atoms with van der Waals surface area (Å²) in [5.74, 6) is 0.905. The summed E-state index contributed by atoms with van der Waals surface area (Å²) in [7, 11) is 1.61. The second-order valence-electron chi connectivity index (χ2n) is 7.31. The van der Waals surface area contributed by atoms with E-state index in [-0.39, 0.29) is 18.4 Å². The Labute approximate surface area is 180 Å². The van der Waals surface area contributed by atoms with Gasteiger partial charge in [0.1, 0.15) is 5.75 Å². The summed E-state index contributed by atoms with van der Waals surface area (Å²) < 4.78 is 5.19. The predicted octanol–water partition coefficient (Wildman–Crippen LogP) is 3.31. The third-order valence-corrected chi connectivity index (χ3v) is 5.10. The monoisotopic (exact) mass is 417 g/mol. The van der Waals surface area contributed by atoms with E-state index in [2.05, 4.69) is 20.6 Å². The number of amides is 2. The van der Waals surface area contributed by atoms with Crippen LogP contribution in [-0.4, -0.2) is 35.4 Å². The highest BCUT2D eigenvalue weighted by Gasteiger charge is 2.26. The summed E-state index contributed by atoms with van der Waals surface area (Å²) in [6, 6.07) is 12.9. The lowest BCUT2D eigenvalue weighted by Crippen LogP contribution is -2.40. The van der Waals surface area contributed by atoms with Crippen LogP contribution in [0.15, 0.2) is 48.7 Å². The SMILES string of the molecule is COc1ccc(CN2C(=O)CNc3ncc(C(=O)Nc4ccc(C)nc4C)cc32)cc1. The normalized spacial score (nSPS) is 12.7. The Morgan fingerprint density at radius 2 is 1.97 bits per heavy atom. The van der Waals surface area contributed by atoms with Crippen molar-refractivity contribution in [3.63, 3.8) is 0 Å². The van der Waals surface area contributed by atoms with Crippen LogP contribution in [0.1, 0.15) is 27.3 Å². The molecule has 1 aliphatic rings. The highest BCUT2D eigenvalue weighted by atomic mass is 16.5. The quantitative estimate of drug-likeness (QED) is 0.661. The van der Waals surface area contributed by atoms with Gasteiger partial charge in [0.2, 0.25) is 5.91 Å². The molecule has 1 aliphatic heterocycles. The minimum atomic E-state index is -0.313. The standard InChI is InChI=1S/C23H23N5O3/c1-14-4-9-19(15(2)26-14)27-23(30)17-10-20-22(24-11-17)25-12-21(29)28(20)13-16-5-7-18(31-3)8-6-16/h4-11H,12-13H2,1-3H3,(H,24,25)(H,27,30). The number of rotatable bonds is 5. The minimum Gasteiger partial charge on any atom is -0.497 e. The van der Waals surface area contributed by atoms with Gasteiger partial charge in [-0.05, 0) is 49.7 Å². The van der Waals surface area contributed by atoms with E-state index in [0.29, 0.717) is 29.3 Å². The fourth-order valence-electron chi connectivity index (χ4n) is 3.41. The molecule has 3 heterocycles. The van der Waals surface area contributed by atoms with Crippen molar-refractivity contribution in [2.24, 2.45) is 0 Å². The van der Waals surface area contributed by atoms with Crippen LogP contribution >= 0.6 is 0 Å². The van der Waals surface area contributed by atoms with Gasteiger partial charge in [0.05, 0.1) is 42.8 Å². The molecular formula is C23H23N5O3. The second-order valence-corrected chi connectivity index (χ2v) is 7.31. The number of ether oxygens (including phenoxy) is 1. The molecule has 1 aromatic carbocycles. The van der Waals surface area contributed by atoms with Gasteiger partial charge in [-0.15, -0.1) is 0 Å². The summed E-state index contributed by atoms with van der Waals surface area (Å²) in [6.45, 7) is 4.25. The lowest BCUT2D eigenvalue weighted by atomic mass is 10.1. The molecule has 2 aromatic heterocycles. The lowest BCUT2D eigenvalue weighted by molar-refractivity contribution is -0.117. The Hall–Kier alpha value is -3.94. The number of hydrogen-bond donors (Lipinski definition) is 2. The molecule has 158 valence electrons. The molecule has 2 N–H and O–H groups in total. The Morgan fingerprint density at radius 1 is 1.19 bits per heavy atom. The Balaban J connectivity index is 1.60. The number of hydrogen-bond acceptors (Lipinski definition) is 6. The van der Waals surface area contributed by atoms with Crippen LogP contribution in [0, 0.1) is 13.8 Å². The van der Waals surface area contributed by atoms with Crippen molar-refractivity contribution in [1.29, 1.82) is 0 Å². The van der Waals surface area contributed by atoms with E-state index in [9.17, 15) is 9.59 Å². The topological polar surface area (TPSA) is 96.5 Å². The van der Waals surface area contributed by atoms with Crippen molar-refractivity contribution in [3.05, 3.63) is 71.2 Å². The molecule has 0 atom stereocenters. The van der Waals surface area contributed by atoms with Crippen molar-refractivity contribution in [3.8, 4) is 5.75 Å². The van der Waals surface area contributed by atoms with Crippen molar-refractivity contribution >= 4 is 29.0 Å². The molecule has 3 aromatic rings. The van der Waals surface area contributed by atoms with Crippen molar-refractivity contribution in [1.82, 2.24) is 9.97 Å². The van der Waals surface area contributed by atoms with E-state index < -0.39 is 0 Å². The van der Waals surface area contributed by atoms with Gasteiger partial charge in [-0.25, -0.2) is 4.98 Å². The molecule has 8 heteroatoms. The van der Waals surface area contributed by atoms with Crippen LogP contribution in [0.25, 0.3) is 0 Å². The van der Waals surface area contributed by atoms with Crippen LogP contribution < -0.4 is 20.3 Å². The third-order valence-electron chi connectivity index (χ3n) is 5.10. The molecule has 2 amide bonds. The summed E-state index contributed by atoms with van der Waals surface area (Å²) in [5.41, 5.74) is 4.12. The maximum Gasteiger partial charge on any atom is 0.257 e. The van der Waals surface area contributed by atoms with E-state index in [1.165, 1.54) is 6.20 Å². The Morgan fingerprint density at radius 3 is 2.68 bits per heavy atom. The fraction of sp³-hybridized carbons (Fsp3) is 0.217. The first kappa shape index (κ1) is 20.3.